The predicted molar refractivity (Wildman–Crippen MR) is 57.9 cm³/mol. The molecular formula is C13H16O2. The normalized spacial score (nSPS) is 32.5. The molecule has 0 aromatic heterocycles. The molecule has 15 heavy (non-hydrogen) atoms. The van der Waals surface area contributed by atoms with Crippen molar-refractivity contribution in [1.82, 2.24) is 0 Å². The van der Waals surface area contributed by atoms with Gasteiger partial charge >= 0.3 is 5.97 Å². The molecule has 2 heteroatoms. The van der Waals surface area contributed by atoms with Crippen molar-refractivity contribution < 1.29 is 9.53 Å². The summed E-state index contributed by atoms with van der Waals surface area (Å²) in [7, 11) is 0. The zero-order valence-electron chi connectivity index (χ0n) is 9.08. The largest absolute Gasteiger partial charge is 0.458 e. The van der Waals surface area contributed by atoms with Crippen molar-refractivity contribution in [3.05, 3.63) is 12.2 Å². The van der Waals surface area contributed by atoms with Crippen LogP contribution in [0.3, 0.4) is 0 Å². The van der Waals surface area contributed by atoms with Gasteiger partial charge in [-0.15, -0.1) is 11.8 Å². The highest BCUT2D eigenvalue weighted by molar-refractivity contribution is 5.87. The second-order valence-corrected chi connectivity index (χ2v) is 4.41. The summed E-state index contributed by atoms with van der Waals surface area (Å²) < 4.78 is 5.39. The first-order valence-corrected chi connectivity index (χ1v) is 5.52. The highest BCUT2D eigenvalue weighted by atomic mass is 16.6. The minimum Gasteiger partial charge on any atom is -0.458 e. The van der Waals surface area contributed by atoms with Crippen LogP contribution in [0.1, 0.15) is 32.6 Å². The van der Waals surface area contributed by atoms with Gasteiger partial charge in [0.25, 0.3) is 0 Å². The third kappa shape index (κ3) is 2.23. The molecule has 1 saturated carbocycles. The van der Waals surface area contributed by atoms with Crippen molar-refractivity contribution in [3.8, 4) is 11.8 Å². The average molecular weight is 204 g/mol. The first-order valence-electron chi connectivity index (χ1n) is 5.52. The van der Waals surface area contributed by atoms with Gasteiger partial charge in [-0.25, -0.2) is 4.79 Å². The molecule has 0 aromatic rings. The Morgan fingerprint density at radius 1 is 1.27 bits per heavy atom. The zero-order chi connectivity index (χ0) is 10.8. The number of carbonyl (C=O) groups is 1. The molecule has 0 aliphatic heterocycles. The maximum absolute atomic E-state index is 11.4. The Balaban J connectivity index is 1.88. The molecule has 0 saturated heterocycles. The molecule has 2 nitrogen and oxygen atoms in total. The molecule has 0 amide bonds. The Labute approximate surface area is 90.7 Å². The van der Waals surface area contributed by atoms with Crippen LogP contribution in [0.2, 0.25) is 0 Å². The van der Waals surface area contributed by atoms with Gasteiger partial charge in [0.15, 0.2) is 0 Å². The molecule has 2 aliphatic rings. The second-order valence-electron chi connectivity index (χ2n) is 4.41. The van der Waals surface area contributed by atoms with Crippen LogP contribution in [0.15, 0.2) is 12.2 Å². The minimum absolute atomic E-state index is 0.135. The zero-order valence-corrected chi connectivity index (χ0v) is 9.08. The second kappa shape index (κ2) is 4.10. The summed E-state index contributed by atoms with van der Waals surface area (Å²) in [4.78, 5) is 11.4. The van der Waals surface area contributed by atoms with Gasteiger partial charge in [0.1, 0.15) is 6.10 Å². The monoisotopic (exact) mass is 204 g/mol. The topological polar surface area (TPSA) is 26.3 Å². The summed E-state index contributed by atoms with van der Waals surface area (Å²) in [5.74, 6) is 7.14. The van der Waals surface area contributed by atoms with E-state index in [-0.39, 0.29) is 12.1 Å². The molecule has 2 aliphatic carbocycles. The van der Waals surface area contributed by atoms with Crippen LogP contribution in [-0.4, -0.2) is 12.1 Å². The molecule has 0 aromatic carbocycles. The fourth-order valence-corrected chi connectivity index (χ4v) is 2.22. The average Bonchev–Trinajstić information content (AvgIpc) is 2.75. The van der Waals surface area contributed by atoms with Gasteiger partial charge in [-0.2, -0.15) is 0 Å². The number of carbonyl (C=O) groups excluding carboxylic acids is 1. The quantitative estimate of drug-likeness (QED) is 0.392. The van der Waals surface area contributed by atoms with Crippen molar-refractivity contribution in [2.75, 3.05) is 0 Å². The fourth-order valence-electron chi connectivity index (χ4n) is 2.22. The standard InChI is InChI=1S/C13H16O2/c1-9(2)13(14)15-12-10-7-5-3-4-6-8-11(10)12/h10-12H,1,5-8H2,2H3/t10-,11+,12?. The van der Waals surface area contributed by atoms with Crippen molar-refractivity contribution in [1.29, 1.82) is 0 Å². The summed E-state index contributed by atoms with van der Waals surface area (Å²) >= 11 is 0. The molecule has 0 N–H and O–H groups in total. The van der Waals surface area contributed by atoms with Gasteiger partial charge < -0.3 is 4.74 Å². The van der Waals surface area contributed by atoms with Crippen LogP contribution < -0.4 is 0 Å². The summed E-state index contributed by atoms with van der Waals surface area (Å²) in [5.41, 5.74) is 0.491. The van der Waals surface area contributed by atoms with E-state index in [0.29, 0.717) is 17.4 Å². The van der Waals surface area contributed by atoms with E-state index in [1.54, 1.807) is 6.92 Å². The number of ether oxygens (including phenoxy) is 1. The van der Waals surface area contributed by atoms with E-state index in [9.17, 15) is 4.79 Å². The lowest BCUT2D eigenvalue weighted by atomic mass is 10.1. The molecule has 1 fully saturated rings. The molecule has 0 spiro atoms. The van der Waals surface area contributed by atoms with Crippen LogP contribution in [-0.2, 0) is 9.53 Å². The molecule has 0 radical (unpaired) electrons. The smallest absolute Gasteiger partial charge is 0.333 e. The number of esters is 1. The molecule has 0 bridgehead atoms. The van der Waals surface area contributed by atoms with Crippen LogP contribution in [0.5, 0.6) is 0 Å². The third-order valence-electron chi connectivity index (χ3n) is 3.17. The van der Waals surface area contributed by atoms with Gasteiger partial charge in [-0.1, -0.05) is 6.58 Å². The van der Waals surface area contributed by atoms with Gasteiger partial charge in [-0.05, 0) is 19.8 Å². The molecule has 2 rings (SSSR count). The summed E-state index contributed by atoms with van der Waals surface area (Å²) in [5, 5.41) is 0. The molecule has 3 atom stereocenters. The van der Waals surface area contributed by atoms with Crippen LogP contribution >= 0.6 is 0 Å². The summed E-state index contributed by atoms with van der Waals surface area (Å²) in [6.45, 7) is 5.28. The number of hydrogen-bond donors (Lipinski definition) is 0. The van der Waals surface area contributed by atoms with Gasteiger partial charge in [0.2, 0.25) is 0 Å². The lowest BCUT2D eigenvalue weighted by Gasteiger charge is -2.02. The van der Waals surface area contributed by atoms with E-state index < -0.39 is 0 Å². The predicted octanol–water partition coefficient (Wildman–Crippen LogP) is 2.30. The van der Waals surface area contributed by atoms with Crippen LogP contribution in [0.25, 0.3) is 0 Å². The van der Waals surface area contributed by atoms with Gasteiger partial charge in [0, 0.05) is 30.3 Å². The first-order chi connectivity index (χ1) is 7.20. The van der Waals surface area contributed by atoms with Gasteiger partial charge in [0.05, 0.1) is 0 Å². The van der Waals surface area contributed by atoms with E-state index >= 15 is 0 Å². The molecule has 80 valence electrons. The number of fused-ring (bicyclic) bond motifs is 1. The first kappa shape index (κ1) is 10.3. The van der Waals surface area contributed by atoms with E-state index in [1.165, 1.54) is 0 Å². The number of rotatable bonds is 2. The Morgan fingerprint density at radius 2 is 1.80 bits per heavy atom. The van der Waals surface area contributed by atoms with E-state index in [2.05, 4.69) is 18.4 Å². The highest BCUT2D eigenvalue weighted by Gasteiger charge is 2.52. The van der Waals surface area contributed by atoms with E-state index in [0.717, 1.165) is 25.7 Å². The highest BCUT2D eigenvalue weighted by Crippen LogP contribution is 2.48. The molecular weight excluding hydrogens is 188 g/mol. The maximum Gasteiger partial charge on any atom is 0.333 e. The Kier molecular flexibility index (Phi) is 2.81. The molecule has 0 heterocycles. The summed E-state index contributed by atoms with van der Waals surface area (Å²) in [6, 6.07) is 0. The molecule has 1 unspecified atom stereocenters. The Hall–Kier alpha value is -1.23. The fraction of sp³-hybridized carbons (Fsp3) is 0.615. The van der Waals surface area contributed by atoms with E-state index in [1.807, 2.05) is 0 Å². The van der Waals surface area contributed by atoms with Crippen molar-refractivity contribution in [2.45, 2.75) is 38.7 Å². The Bertz CT molecular complexity index is 327. The lowest BCUT2D eigenvalue weighted by molar-refractivity contribution is -0.141. The van der Waals surface area contributed by atoms with Crippen LogP contribution in [0, 0.1) is 23.7 Å². The number of hydrogen-bond acceptors (Lipinski definition) is 2. The SMILES string of the molecule is C=C(C)C(=O)OC1[C@H]2CCC#CCC[C@@H]12. The lowest BCUT2D eigenvalue weighted by Crippen LogP contribution is -2.09. The minimum atomic E-state index is -0.243. The summed E-state index contributed by atoms with van der Waals surface area (Å²) in [6.07, 6.45) is 4.18. The third-order valence-corrected chi connectivity index (χ3v) is 3.17. The maximum atomic E-state index is 11.4. The van der Waals surface area contributed by atoms with Crippen LogP contribution in [0.4, 0.5) is 0 Å². The van der Waals surface area contributed by atoms with Gasteiger partial charge in [-0.3, -0.25) is 0 Å². The Morgan fingerprint density at radius 3 is 2.27 bits per heavy atom. The van der Waals surface area contributed by atoms with Crippen molar-refractivity contribution >= 4 is 5.97 Å². The van der Waals surface area contributed by atoms with Crippen molar-refractivity contribution in [2.24, 2.45) is 11.8 Å². The van der Waals surface area contributed by atoms with Crippen molar-refractivity contribution in [3.63, 3.8) is 0 Å². The van der Waals surface area contributed by atoms with E-state index in [4.69, 9.17) is 4.74 Å².